The van der Waals surface area contributed by atoms with Crippen molar-refractivity contribution in [2.24, 2.45) is 5.92 Å². The molecule has 1 aromatic heterocycles. The van der Waals surface area contributed by atoms with Crippen molar-refractivity contribution in [3.63, 3.8) is 0 Å². The Kier molecular flexibility index (Phi) is 4.87. The van der Waals surface area contributed by atoms with Crippen LogP contribution < -0.4 is 10.6 Å². The summed E-state index contributed by atoms with van der Waals surface area (Å²) in [6.07, 6.45) is 1.59. The van der Waals surface area contributed by atoms with Gasteiger partial charge in [0.1, 0.15) is 5.69 Å². The second-order valence-electron chi connectivity index (χ2n) is 4.67. The molecule has 17 heavy (non-hydrogen) atoms. The monoisotopic (exact) mass is 236 g/mol. The van der Waals surface area contributed by atoms with Crippen LogP contribution in [0, 0.1) is 5.92 Å². The van der Waals surface area contributed by atoms with E-state index in [1.54, 1.807) is 12.3 Å². The molecule has 1 heterocycles. The van der Waals surface area contributed by atoms with Crippen molar-refractivity contribution < 1.29 is 4.79 Å². The standard InChI is InChI=1S/C12H20N4O/c1-8(2)7-14-12-13-6-5-10(16-12)11(17)15-9(3)4/h5-6,8-9H,7H2,1-4H3,(H,15,17)(H,13,14,16). The zero-order chi connectivity index (χ0) is 12.8. The minimum absolute atomic E-state index is 0.101. The predicted molar refractivity (Wildman–Crippen MR) is 68.0 cm³/mol. The number of nitrogens with one attached hydrogen (secondary N) is 2. The number of anilines is 1. The highest BCUT2D eigenvalue weighted by atomic mass is 16.1. The molecule has 0 radical (unpaired) electrons. The molecule has 0 aliphatic rings. The molecular formula is C12H20N4O. The van der Waals surface area contributed by atoms with Crippen molar-refractivity contribution in [3.05, 3.63) is 18.0 Å². The highest BCUT2D eigenvalue weighted by Gasteiger charge is 2.09. The Hall–Kier alpha value is -1.65. The van der Waals surface area contributed by atoms with Crippen LogP contribution in [0.4, 0.5) is 5.95 Å². The Morgan fingerprint density at radius 2 is 2.06 bits per heavy atom. The zero-order valence-corrected chi connectivity index (χ0v) is 10.8. The van der Waals surface area contributed by atoms with Gasteiger partial charge in [0, 0.05) is 18.8 Å². The molecule has 0 aliphatic carbocycles. The van der Waals surface area contributed by atoms with Gasteiger partial charge in [0.25, 0.3) is 5.91 Å². The normalized spacial score (nSPS) is 10.7. The summed E-state index contributed by atoms with van der Waals surface area (Å²) in [5.74, 6) is 0.830. The van der Waals surface area contributed by atoms with E-state index in [9.17, 15) is 4.79 Å². The number of rotatable bonds is 5. The maximum absolute atomic E-state index is 11.7. The SMILES string of the molecule is CC(C)CNc1nccc(C(=O)NC(C)C)n1. The van der Waals surface area contributed by atoms with E-state index in [-0.39, 0.29) is 11.9 Å². The second-order valence-corrected chi connectivity index (χ2v) is 4.67. The first kappa shape index (κ1) is 13.4. The smallest absolute Gasteiger partial charge is 0.270 e. The van der Waals surface area contributed by atoms with Crippen molar-refractivity contribution in [3.8, 4) is 0 Å². The molecule has 0 bridgehead atoms. The third kappa shape index (κ3) is 4.80. The molecule has 5 nitrogen and oxygen atoms in total. The van der Waals surface area contributed by atoms with Gasteiger partial charge < -0.3 is 10.6 Å². The van der Waals surface area contributed by atoms with Gasteiger partial charge in [0.15, 0.2) is 0 Å². The minimum Gasteiger partial charge on any atom is -0.354 e. The van der Waals surface area contributed by atoms with Gasteiger partial charge in [0.05, 0.1) is 0 Å². The minimum atomic E-state index is -0.171. The van der Waals surface area contributed by atoms with Crippen LogP contribution in [0.2, 0.25) is 0 Å². The average molecular weight is 236 g/mol. The summed E-state index contributed by atoms with van der Waals surface area (Å²) in [5.41, 5.74) is 0.389. The van der Waals surface area contributed by atoms with E-state index in [4.69, 9.17) is 0 Å². The maximum atomic E-state index is 11.7. The highest BCUT2D eigenvalue weighted by molar-refractivity contribution is 5.92. The number of carbonyl (C=O) groups is 1. The topological polar surface area (TPSA) is 66.9 Å². The molecule has 0 spiro atoms. The molecule has 0 unspecified atom stereocenters. The summed E-state index contributed by atoms with van der Waals surface area (Å²) in [6, 6.07) is 1.71. The lowest BCUT2D eigenvalue weighted by Gasteiger charge is -2.10. The Labute approximate surface area is 102 Å². The fourth-order valence-corrected chi connectivity index (χ4v) is 1.20. The Balaban J connectivity index is 2.68. The first-order chi connectivity index (χ1) is 7.99. The number of hydrogen-bond donors (Lipinski definition) is 2. The molecule has 0 saturated carbocycles. The molecule has 1 aromatic rings. The van der Waals surface area contributed by atoms with E-state index in [1.165, 1.54) is 0 Å². The lowest BCUT2D eigenvalue weighted by molar-refractivity contribution is 0.0938. The van der Waals surface area contributed by atoms with Gasteiger partial charge in [-0.15, -0.1) is 0 Å². The fraction of sp³-hybridized carbons (Fsp3) is 0.583. The quantitative estimate of drug-likeness (QED) is 0.816. The van der Waals surface area contributed by atoms with Crippen LogP contribution in [-0.4, -0.2) is 28.5 Å². The van der Waals surface area contributed by atoms with E-state index in [2.05, 4.69) is 34.4 Å². The van der Waals surface area contributed by atoms with Gasteiger partial charge in [-0.3, -0.25) is 4.79 Å². The van der Waals surface area contributed by atoms with Crippen LogP contribution in [0.15, 0.2) is 12.3 Å². The second kappa shape index (κ2) is 6.18. The van der Waals surface area contributed by atoms with Crippen LogP contribution in [0.5, 0.6) is 0 Å². The maximum Gasteiger partial charge on any atom is 0.270 e. The lowest BCUT2D eigenvalue weighted by Crippen LogP contribution is -2.31. The van der Waals surface area contributed by atoms with Crippen molar-refractivity contribution in [1.29, 1.82) is 0 Å². The van der Waals surface area contributed by atoms with Crippen LogP contribution in [0.25, 0.3) is 0 Å². The average Bonchev–Trinajstić information content (AvgIpc) is 2.26. The predicted octanol–water partition coefficient (Wildman–Crippen LogP) is 1.68. The molecule has 0 fully saturated rings. The van der Waals surface area contributed by atoms with Crippen LogP contribution in [-0.2, 0) is 0 Å². The summed E-state index contributed by atoms with van der Waals surface area (Å²) in [6.45, 7) is 8.81. The molecule has 94 valence electrons. The molecule has 0 aliphatic heterocycles. The Morgan fingerprint density at radius 1 is 1.35 bits per heavy atom. The summed E-state index contributed by atoms with van der Waals surface area (Å²) in [5, 5.41) is 5.88. The van der Waals surface area contributed by atoms with Gasteiger partial charge in [0.2, 0.25) is 5.95 Å². The molecule has 2 N–H and O–H groups in total. The first-order valence-electron chi connectivity index (χ1n) is 5.87. The van der Waals surface area contributed by atoms with Crippen molar-refractivity contribution in [1.82, 2.24) is 15.3 Å². The van der Waals surface area contributed by atoms with Crippen molar-refractivity contribution in [2.45, 2.75) is 33.7 Å². The first-order valence-corrected chi connectivity index (χ1v) is 5.87. The number of amides is 1. The summed E-state index contributed by atoms with van der Waals surface area (Å²) >= 11 is 0. The molecular weight excluding hydrogens is 216 g/mol. The van der Waals surface area contributed by atoms with Gasteiger partial charge in [-0.2, -0.15) is 0 Å². The van der Waals surface area contributed by atoms with Crippen LogP contribution in [0.1, 0.15) is 38.2 Å². The molecule has 1 rings (SSSR count). The molecule has 5 heteroatoms. The largest absolute Gasteiger partial charge is 0.354 e. The molecule has 0 aromatic carbocycles. The molecule has 0 saturated heterocycles. The Morgan fingerprint density at radius 3 is 2.65 bits per heavy atom. The zero-order valence-electron chi connectivity index (χ0n) is 10.8. The fourth-order valence-electron chi connectivity index (χ4n) is 1.20. The summed E-state index contributed by atoms with van der Waals surface area (Å²) < 4.78 is 0. The van der Waals surface area contributed by atoms with E-state index >= 15 is 0 Å². The van der Waals surface area contributed by atoms with Gasteiger partial charge >= 0.3 is 0 Å². The van der Waals surface area contributed by atoms with Gasteiger partial charge in [-0.05, 0) is 25.8 Å². The number of aromatic nitrogens is 2. The number of hydrogen-bond acceptors (Lipinski definition) is 4. The number of carbonyl (C=O) groups excluding carboxylic acids is 1. The summed E-state index contributed by atoms with van der Waals surface area (Å²) in [7, 11) is 0. The van der Waals surface area contributed by atoms with E-state index in [1.807, 2.05) is 13.8 Å². The van der Waals surface area contributed by atoms with Crippen LogP contribution in [0.3, 0.4) is 0 Å². The third-order valence-electron chi connectivity index (χ3n) is 1.98. The number of nitrogens with zero attached hydrogens (tertiary/aromatic N) is 2. The van der Waals surface area contributed by atoms with E-state index in [0.717, 1.165) is 6.54 Å². The van der Waals surface area contributed by atoms with E-state index < -0.39 is 0 Å². The molecule has 0 atom stereocenters. The lowest BCUT2D eigenvalue weighted by atomic mass is 10.2. The summed E-state index contributed by atoms with van der Waals surface area (Å²) in [4.78, 5) is 20.0. The van der Waals surface area contributed by atoms with Crippen molar-refractivity contribution in [2.75, 3.05) is 11.9 Å². The molecule has 1 amide bonds. The van der Waals surface area contributed by atoms with E-state index in [0.29, 0.717) is 17.6 Å². The Bertz CT molecular complexity index is 377. The van der Waals surface area contributed by atoms with Gasteiger partial charge in [-0.1, -0.05) is 13.8 Å². The van der Waals surface area contributed by atoms with Gasteiger partial charge in [-0.25, -0.2) is 9.97 Å². The third-order valence-corrected chi connectivity index (χ3v) is 1.98. The highest BCUT2D eigenvalue weighted by Crippen LogP contribution is 2.02. The van der Waals surface area contributed by atoms with Crippen LogP contribution >= 0.6 is 0 Å². The van der Waals surface area contributed by atoms with Crippen molar-refractivity contribution >= 4 is 11.9 Å².